The largest absolute Gasteiger partial charge is 0.494 e. The van der Waals surface area contributed by atoms with Gasteiger partial charge in [-0.3, -0.25) is 14.6 Å². The summed E-state index contributed by atoms with van der Waals surface area (Å²) < 4.78 is 45.3. The second kappa shape index (κ2) is 13.1. The predicted octanol–water partition coefficient (Wildman–Crippen LogP) is 3.78. The minimum absolute atomic E-state index is 0.0854. The zero-order chi connectivity index (χ0) is 29.0. The van der Waals surface area contributed by atoms with E-state index in [4.69, 9.17) is 19.2 Å². The van der Waals surface area contributed by atoms with E-state index >= 15 is 0 Å². The number of hydrogen-bond donors (Lipinski definition) is 0. The van der Waals surface area contributed by atoms with E-state index in [0.717, 1.165) is 67.9 Å². The topological polar surface area (TPSA) is 102 Å². The molecule has 3 heterocycles. The number of ether oxygens (including phenoxy) is 3. The fourth-order valence-corrected chi connectivity index (χ4v) is 7.50. The molecule has 10 nitrogen and oxygen atoms in total. The van der Waals surface area contributed by atoms with Crippen LogP contribution < -0.4 is 9.64 Å². The van der Waals surface area contributed by atoms with Crippen LogP contribution in [0.2, 0.25) is 0 Å². The van der Waals surface area contributed by atoms with E-state index in [-0.39, 0.29) is 16.9 Å². The molecule has 2 aliphatic heterocycles. The van der Waals surface area contributed by atoms with Crippen molar-refractivity contribution in [3.8, 4) is 5.75 Å². The molecule has 2 fully saturated rings. The van der Waals surface area contributed by atoms with Crippen LogP contribution in [0, 0.1) is 6.92 Å². The van der Waals surface area contributed by atoms with Gasteiger partial charge < -0.3 is 14.2 Å². The number of aromatic nitrogens is 1. The summed E-state index contributed by atoms with van der Waals surface area (Å²) in [6.45, 7) is 7.50. The highest BCUT2D eigenvalue weighted by Gasteiger charge is 2.28. The van der Waals surface area contributed by atoms with E-state index in [1.165, 1.54) is 27.8 Å². The summed E-state index contributed by atoms with van der Waals surface area (Å²) in [6.07, 6.45) is 2.47. The Bertz CT molecular complexity index is 1450. The van der Waals surface area contributed by atoms with Crippen molar-refractivity contribution in [3.05, 3.63) is 47.5 Å². The number of hydrogen-bond acceptors (Lipinski definition) is 9. The average Bonchev–Trinajstić information content (AvgIpc) is 3.67. The number of rotatable bonds is 11. The first-order valence-electron chi connectivity index (χ1n) is 14.0. The molecular weight excluding hydrogens is 564 g/mol. The van der Waals surface area contributed by atoms with Crippen molar-refractivity contribution in [2.45, 2.75) is 37.2 Å². The van der Waals surface area contributed by atoms with Crippen molar-refractivity contribution in [1.82, 2.24) is 14.2 Å². The minimum Gasteiger partial charge on any atom is -0.494 e. The van der Waals surface area contributed by atoms with Gasteiger partial charge in [-0.25, -0.2) is 13.4 Å². The Morgan fingerprint density at radius 1 is 1.15 bits per heavy atom. The molecule has 0 saturated carbocycles. The molecule has 0 bridgehead atoms. The summed E-state index contributed by atoms with van der Waals surface area (Å²) in [4.78, 5) is 22.9. The molecular formula is C29H38N4O6S2. The first-order valence-corrected chi connectivity index (χ1v) is 16.3. The van der Waals surface area contributed by atoms with E-state index in [9.17, 15) is 13.2 Å². The van der Waals surface area contributed by atoms with E-state index in [1.54, 1.807) is 31.2 Å². The van der Waals surface area contributed by atoms with Crippen LogP contribution in [0.25, 0.3) is 10.2 Å². The SMILES string of the molecule is COc1ccc(C)c2sc(N(CCCN3CCOCC3)C(=O)c3ccc(S(=O)(=O)N(C)CC4CCCO4)cc3)nc12. The van der Waals surface area contributed by atoms with Crippen molar-refractivity contribution in [3.63, 3.8) is 0 Å². The first kappa shape index (κ1) is 29.9. The lowest BCUT2D eigenvalue weighted by atomic mass is 10.2. The molecule has 1 aromatic heterocycles. The number of sulfonamides is 1. The highest BCUT2D eigenvalue weighted by molar-refractivity contribution is 7.89. The van der Waals surface area contributed by atoms with E-state index in [0.29, 0.717) is 36.1 Å². The van der Waals surface area contributed by atoms with Gasteiger partial charge in [-0.05, 0) is 62.1 Å². The molecule has 0 spiro atoms. The van der Waals surface area contributed by atoms with Crippen molar-refractivity contribution in [2.24, 2.45) is 0 Å². The Kier molecular flexibility index (Phi) is 9.57. The number of morpholine rings is 1. The van der Waals surface area contributed by atoms with Crippen LogP contribution in [-0.2, 0) is 19.5 Å². The number of carbonyl (C=O) groups is 1. The molecule has 0 aliphatic carbocycles. The molecule has 1 amide bonds. The van der Waals surface area contributed by atoms with Gasteiger partial charge in [-0.1, -0.05) is 17.4 Å². The number of benzene rings is 2. The van der Waals surface area contributed by atoms with Crippen molar-refractivity contribution < 1.29 is 27.4 Å². The number of nitrogens with zero attached hydrogens (tertiary/aromatic N) is 4. The second-order valence-electron chi connectivity index (χ2n) is 10.5. The third kappa shape index (κ3) is 6.73. The summed E-state index contributed by atoms with van der Waals surface area (Å²) in [5.41, 5.74) is 2.20. The zero-order valence-electron chi connectivity index (χ0n) is 23.9. The standard InChI is InChI=1S/C29H38N4O6S2/c1-21-7-12-25(37-3)26-27(21)40-29(30-26)33(14-5-13-32-15-18-38-19-16-32)28(34)22-8-10-24(11-9-22)41(35,36)31(2)20-23-6-4-17-39-23/h7-12,23H,4-6,13-20H2,1-3H3. The van der Waals surface area contributed by atoms with Crippen LogP contribution in [-0.4, -0.2) is 101 Å². The fourth-order valence-electron chi connectivity index (χ4n) is 5.22. The second-order valence-corrected chi connectivity index (χ2v) is 13.5. The molecule has 1 atom stereocenters. The summed E-state index contributed by atoms with van der Waals surface area (Å²) in [7, 11) is -0.531. The number of thiazole rings is 1. The Morgan fingerprint density at radius 2 is 1.90 bits per heavy atom. The lowest BCUT2D eigenvalue weighted by Gasteiger charge is -2.27. The van der Waals surface area contributed by atoms with Gasteiger partial charge >= 0.3 is 0 Å². The van der Waals surface area contributed by atoms with Gasteiger partial charge in [-0.15, -0.1) is 0 Å². The van der Waals surface area contributed by atoms with Crippen LogP contribution in [0.15, 0.2) is 41.3 Å². The maximum atomic E-state index is 13.9. The number of aryl methyl sites for hydroxylation is 1. The molecule has 2 saturated heterocycles. The monoisotopic (exact) mass is 602 g/mol. The normalized spacial score (nSPS) is 18.3. The van der Waals surface area contributed by atoms with Gasteiger partial charge in [0.2, 0.25) is 10.0 Å². The summed E-state index contributed by atoms with van der Waals surface area (Å²) in [6, 6.07) is 10.1. The van der Waals surface area contributed by atoms with E-state index in [1.807, 2.05) is 19.1 Å². The molecule has 0 N–H and O–H groups in total. The van der Waals surface area contributed by atoms with E-state index < -0.39 is 10.0 Å². The molecule has 5 rings (SSSR count). The highest BCUT2D eigenvalue weighted by Crippen LogP contribution is 2.37. The van der Waals surface area contributed by atoms with Crippen molar-refractivity contribution in [2.75, 3.05) is 71.6 Å². The molecule has 2 aromatic carbocycles. The van der Waals surface area contributed by atoms with Gasteiger partial charge in [-0.2, -0.15) is 4.31 Å². The lowest BCUT2D eigenvalue weighted by Crippen LogP contribution is -2.39. The van der Waals surface area contributed by atoms with Gasteiger partial charge in [0.25, 0.3) is 5.91 Å². The molecule has 2 aliphatic rings. The maximum Gasteiger partial charge on any atom is 0.260 e. The van der Waals surface area contributed by atoms with Crippen LogP contribution in [0.3, 0.4) is 0 Å². The number of fused-ring (bicyclic) bond motifs is 1. The number of anilines is 1. The third-order valence-electron chi connectivity index (χ3n) is 7.64. The highest BCUT2D eigenvalue weighted by atomic mass is 32.2. The number of methoxy groups -OCH3 is 1. The summed E-state index contributed by atoms with van der Waals surface area (Å²) >= 11 is 1.46. The van der Waals surface area contributed by atoms with Gasteiger partial charge in [0.15, 0.2) is 5.13 Å². The van der Waals surface area contributed by atoms with Gasteiger partial charge in [0.1, 0.15) is 11.3 Å². The quantitative estimate of drug-likeness (QED) is 0.327. The number of amides is 1. The number of carbonyl (C=O) groups excluding carboxylic acids is 1. The number of likely N-dealkylation sites (N-methyl/N-ethyl adjacent to an activating group) is 1. The summed E-state index contributed by atoms with van der Waals surface area (Å²) in [5.74, 6) is 0.440. The Labute approximate surface area is 245 Å². The summed E-state index contributed by atoms with van der Waals surface area (Å²) in [5, 5.41) is 0.590. The van der Waals surface area contributed by atoms with Gasteiger partial charge in [0.05, 0.1) is 36.0 Å². The molecule has 1 unspecified atom stereocenters. The Morgan fingerprint density at radius 3 is 2.59 bits per heavy atom. The zero-order valence-corrected chi connectivity index (χ0v) is 25.5. The minimum atomic E-state index is -3.71. The fraction of sp³-hybridized carbons (Fsp3) is 0.517. The van der Waals surface area contributed by atoms with Crippen molar-refractivity contribution in [1.29, 1.82) is 0 Å². The Balaban J connectivity index is 1.38. The van der Waals surface area contributed by atoms with Crippen molar-refractivity contribution >= 4 is 42.6 Å². The third-order valence-corrected chi connectivity index (χ3v) is 10.7. The van der Waals surface area contributed by atoms with Gasteiger partial charge in [0, 0.05) is 51.9 Å². The average molecular weight is 603 g/mol. The molecule has 3 aromatic rings. The van der Waals surface area contributed by atoms with Crippen LogP contribution >= 0.6 is 11.3 Å². The van der Waals surface area contributed by atoms with Crippen LogP contribution in [0.1, 0.15) is 35.2 Å². The van der Waals surface area contributed by atoms with Crippen LogP contribution in [0.4, 0.5) is 5.13 Å². The van der Waals surface area contributed by atoms with E-state index in [2.05, 4.69) is 4.90 Å². The molecule has 12 heteroatoms. The Hall–Kier alpha value is -2.61. The molecule has 222 valence electrons. The molecule has 41 heavy (non-hydrogen) atoms. The lowest BCUT2D eigenvalue weighted by molar-refractivity contribution is 0.0376. The predicted molar refractivity (Wildman–Crippen MR) is 160 cm³/mol. The molecule has 0 radical (unpaired) electrons. The smallest absolute Gasteiger partial charge is 0.260 e. The van der Waals surface area contributed by atoms with Crippen LogP contribution in [0.5, 0.6) is 5.75 Å². The first-order chi connectivity index (χ1) is 19.8. The maximum absolute atomic E-state index is 13.9.